The highest BCUT2D eigenvalue weighted by molar-refractivity contribution is 6.41. The van der Waals surface area contributed by atoms with Crippen molar-refractivity contribution in [3.8, 4) is 6.07 Å². The largest absolute Gasteiger partial charge is 0.324 e. The fourth-order valence-corrected chi connectivity index (χ4v) is 1.98. The number of hydrogen-bond donors (Lipinski definition) is 1. The van der Waals surface area contributed by atoms with Crippen LogP contribution in [0.25, 0.3) is 0 Å². The maximum Gasteiger partial charge on any atom is 0.287 e. The van der Waals surface area contributed by atoms with Crippen molar-refractivity contribution in [1.29, 1.82) is 5.26 Å². The first kappa shape index (κ1) is 16.0. The second-order valence-electron chi connectivity index (χ2n) is 4.41. The third-order valence-corrected chi connectivity index (χ3v) is 3.66. The lowest BCUT2D eigenvalue weighted by atomic mass is 10.2. The van der Waals surface area contributed by atoms with Crippen LogP contribution in [0.5, 0.6) is 0 Å². The number of nitrogens with zero attached hydrogens (tertiary/aromatic N) is 3. The van der Waals surface area contributed by atoms with Gasteiger partial charge in [0.1, 0.15) is 11.1 Å². The number of carbonyl (C=O) groups is 1. The van der Waals surface area contributed by atoms with Crippen molar-refractivity contribution in [3.05, 3.63) is 56.4 Å². The molecule has 0 radical (unpaired) electrons. The Morgan fingerprint density at radius 1 is 1.45 bits per heavy atom. The van der Waals surface area contributed by atoms with Crippen molar-refractivity contribution in [2.75, 3.05) is 5.32 Å². The minimum atomic E-state index is -0.895. The number of nitrogens with one attached hydrogen (secondary N) is 1. The molecule has 0 aliphatic rings. The molecule has 0 spiro atoms. The summed E-state index contributed by atoms with van der Waals surface area (Å²) in [4.78, 5) is 24.1. The van der Waals surface area contributed by atoms with Crippen LogP contribution in [0.15, 0.2) is 35.3 Å². The van der Waals surface area contributed by atoms with Crippen LogP contribution in [-0.2, 0) is 4.79 Å². The van der Waals surface area contributed by atoms with Gasteiger partial charge in [-0.1, -0.05) is 29.3 Å². The minimum absolute atomic E-state index is 0.0252. The monoisotopic (exact) mass is 336 g/mol. The molecule has 2 aromatic rings. The van der Waals surface area contributed by atoms with E-state index in [1.165, 1.54) is 19.2 Å². The van der Waals surface area contributed by atoms with Gasteiger partial charge in [0.2, 0.25) is 5.91 Å². The molecule has 22 heavy (non-hydrogen) atoms. The Morgan fingerprint density at radius 2 is 2.18 bits per heavy atom. The maximum absolute atomic E-state index is 12.2. The maximum atomic E-state index is 12.2. The van der Waals surface area contributed by atoms with Crippen LogP contribution in [0.4, 0.5) is 5.69 Å². The van der Waals surface area contributed by atoms with E-state index in [0.29, 0.717) is 11.3 Å². The number of amides is 1. The summed E-state index contributed by atoms with van der Waals surface area (Å²) >= 11 is 11.5. The van der Waals surface area contributed by atoms with E-state index in [1.807, 2.05) is 6.07 Å². The normalized spacial score (nSPS) is 11.5. The standard InChI is InChI=1S/C14H10Cl2N4O2/c1-8(20-14(22)12(16)11(15)7-18-20)13(21)19-10-4-2-3-9(5-10)6-17/h2-5,7-8H,1H3,(H,19,21)/t8-/m1/s1. The second kappa shape index (κ2) is 6.60. The second-order valence-corrected chi connectivity index (χ2v) is 5.20. The van der Waals surface area contributed by atoms with Gasteiger partial charge < -0.3 is 5.32 Å². The molecule has 0 aliphatic carbocycles. The van der Waals surface area contributed by atoms with E-state index in [9.17, 15) is 9.59 Å². The Morgan fingerprint density at radius 3 is 2.86 bits per heavy atom. The van der Waals surface area contributed by atoms with Crippen molar-refractivity contribution in [1.82, 2.24) is 9.78 Å². The molecular formula is C14H10Cl2N4O2. The Kier molecular flexibility index (Phi) is 4.81. The van der Waals surface area contributed by atoms with Crippen LogP contribution in [0.3, 0.4) is 0 Å². The summed E-state index contributed by atoms with van der Waals surface area (Å²) in [5.74, 6) is -0.469. The van der Waals surface area contributed by atoms with E-state index >= 15 is 0 Å². The number of hydrogen-bond acceptors (Lipinski definition) is 4. The van der Waals surface area contributed by atoms with Crippen LogP contribution in [0.1, 0.15) is 18.5 Å². The van der Waals surface area contributed by atoms with Crippen molar-refractivity contribution in [2.24, 2.45) is 0 Å². The minimum Gasteiger partial charge on any atom is -0.324 e. The quantitative estimate of drug-likeness (QED) is 0.933. The summed E-state index contributed by atoms with van der Waals surface area (Å²) in [6.07, 6.45) is 1.20. The summed E-state index contributed by atoms with van der Waals surface area (Å²) < 4.78 is 0.942. The van der Waals surface area contributed by atoms with Gasteiger partial charge in [-0.05, 0) is 25.1 Å². The van der Waals surface area contributed by atoms with Gasteiger partial charge in [-0.3, -0.25) is 9.59 Å². The van der Waals surface area contributed by atoms with Gasteiger partial charge in [-0.25, -0.2) is 4.68 Å². The van der Waals surface area contributed by atoms with Gasteiger partial charge >= 0.3 is 0 Å². The lowest BCUT2D eigenvalue weighted by molar-refractivity contribution is -0.119. The molecule has 112 valence electrons. The molecule has 6 nitrogen and oxygen atoms in total. The molecule has 0 aliphatic heterocycles. The Hall–Kier alpha value is -2.36. The predicted molar refractivity (Wildman–Crippen MR) is 83.0 cm³/mol. The molecule has 1 aromatic carbocycles. The average Bonchev–Trinajstić information content (AvgIpc) is 2.52. The van der Waals surface area contributed by atoms with Crippen LogP contribution >= 0.6 is 23.2 Å². The van der Waals surface area contributed by atoms with E-state index < -0.39 is 17.5 Å². The number of rotatable bonds is 3. The van der Waals surface area contributed by atoms with Gasteiger partial charge in [0.25, 0.3) is 5.56 Å². The summed E-state index contributed by atoms with van der Waals surface area (Å²) in [5, 5.41) is 15.1. The molecule has 2 rings (SSSR count). The highest BCUT2D eigenvalue weighted by atomic mass is 35.5. The first-order chi connectivity index (χ1) is 10.4. The van der Waals surface area contributed by atoms with Crippen LogP contribution in [0, 0.1) is 11.3 Å². The molecule has 0 unspecified atom stereocenters. The van der Waals surface area contributed by atoms with Gasteiger partial charge in [0.15, 0.2) is 0 Å². The first-order valence-corrected chi connectivity index (χ1v) is 6.93. The lowest BCUT2D eigenvalue weighted by Gasteiger charge is -2.14. The van der Waals surface area contributed by atoms with Crippen molar-refractivity contribution >= 4 is 34.8 Å². The van der Waals surface area contributed by atoms with Crippen molar-refractivity contribution in [2.45, 2.75) is 13.0 Å². The number of anilines is 1. The molecular weight excluding hydrogens is 327 g/mol. The number of aromatic nitrogens is 2. The van der Waals surface area contributed by atoms with Gasteiger partial charge in [-0.2, -0.15) is 10.4 Å². The zero-order valence-electron chi connectivity index (χ0n) is 11.4. The predicted octanol–water partition coefficient (Wildman–Crippen LogP) is 2.62. The van der Waals surface area contributed by atoms with Crippen LogP contribution < -0.4 is 10.9 Å². The lowest BCUT2D eigenvalue weighted by Crippen LogP contribution is -2.33. The number of nitriles is 1. The van der Waals surface area contributed by atoms with E-state index in [0.717, 1.165) is 4.68 Å². The smallest absolute Gasteiger partial charge is 0.287 e. The average molecular weight is 337 g/mol. The van der Waals surface area contributed by atoms with E-state index in [-0.39, 0.29) is 10.0 Å². The molecule has 1 aromatic heterocycles. The molecule has 1 amide bonds. The molecule has 1 atom stereocenters. The molecule has 1 heterocycles. The van der Waals surface area contributed by atoms with Gasteiger partial charge in [0, 0.05) is 5.69 Å². The Balaban J connectivity index is 2.25. The number of halogens is 2. The Bertz CT molecular complexity index is 826. The van der Waals surface area contributed by atoms with E-state index in [2.05, 4.69) is 10.4 Å². The summed E-state index contributed by atoms with van der Waals surface area (Å²) in [6, 6.07) is 7.49. The summed E-state index contributed by atoms with van der Waals surface area (Å²) in [7, 11) is 0. The highest BCUT2D eigenvalue weighted by Crippen LogP contribution is 2.17. The molecule has 0 fully saturated rings. The molecule has 0 saturated heterocycles. The molecule has 1 N–H and O–H groups in total. The molecule has 8 heteroatoms. The zero-order valence-corrected chi connectivity index (χ0v) is 12.9. The topological polar surface area (TPSA) is 87.8 Å². The van der Waals surface area contributed by atoms with Crippen LogP contribution in [-0.4, -0.2) is 15.7 Å². The number of benzene rings is 1. The Labute approximate surface area is 135 Å². The van der Waals surface area contributed by atoms with E-state index in [1.54, 1.807) is 18.2 Å². The van der Waals surface area contributed by atoms with E-state index in [4.69, 9.17) is 28.5 Å². The summed E-state index contributed by atoms with van der Waals surface area (Å²) in [6.45, 7) is 1.50. The summed E-state index contributed by atoms with van der Waals surface area (Å²) in [5.41, 5.74) is 0.210. The zero-order chi connectivity index (χ0) is 16.3. The fourth-order valence-electron chi connectivity index (χ4n) is 1.72. The van der Waals surface area contributed by atoms with Crippen LogP contribution in [0.2, 0.25) is 10.0 Å². The fraction of sp³-hybridized carbons (Fsp3) is 0.143. The van der Waals surface area contributed by atoms with Gasteiger partial charge in [-0.15, -0.1) is 0 Å². The van der Waals surface area contributed by atoms with Crippen molar-refractivity contribution < 1.29 is 4.79 Å². The third kappa shape index (κ3) is 3.27. The van der Waals surface area contributed by atoms with Gasteiger partial charge in [0.05, 0.1) is 22.9 Å². The number of carbonyl (C=O) groups excluding carboxylic acids is 1. The third-order valence-electron chi connectivity index (χ3n) is 2.91. The van der Waals surface area contributed by atoms with Crippen molar-refractivity contribution in [3.63, 3.8) is 0 Å². The molecule has 0 bridgehead atoms. The highest BCUT2D eigenvalue weighted by Gasteiger charge is 2.19. The first-order valence-electron chi connectivity index (χ1n) is 6.18. The SMILES string of the molecule is C[C@H](C(=O)Nc1cccc(C#N)c1)n1ncc(Cl)c(Cl)c1=O. The molecule has 0 saturated carbocycles.